The summed E-state index contributed by atoms with van der Waals surface area (Å²) in [6.07, 6.45) is 1.39. The number of aromatic hydroxyl groups is 1. The third-order valence-electron chi connectivity index (χ3n) is 2.76. The number of rotatable bonds is 4. The Morgan fingerprint density at radius 1 is 1.27 bits per heavy atom. The molecular weight excluding hydrogens is 327 g/mol. The number of ether oxygens (including phenoxy) is 1. The number of nitrogens with zero attached hydrogens (tertiary/aromatic N) is 1. The zero-order chi connectivity index (χ0) is 16.1. The first-order valence-electron chi connectivity index (χ1n) is 6.16. The van der Waals surface area contributed by atoms with Gasteiger partial charge in [-0.05, 0) is 42.0 Å². The Morgan fingerprint density at radius 3 is 2.59 bits per heavy atom. The van der Waals surface area contributed by atoms with E-state index in [1.165, 1.54) is 19.4 Å². The summed E-state index contributed by atoms with van der Waals surface area (Å²) in [6.45, 7) is 0. The number of phenols is 1. The number of amides is 1. The number of carbonyl (C=O) groups excluding carboxylic acids is 1. The van der Waals surface area contributed by atoms with Crippen molar-refractivity contribution in [2.75, 3.05) is 7.11 Å². The molecule has 0 heterocycles. The molecule has 5 nitrogen and oxygen atoms in total. The van der Waals surface area contributed by atoms with Gasteiger partial charge in [-0.25, -0.2) is 5.43 Å². The van der Waals surface area contributed by atoms with Gasteiger partial charge >= 0.3 is 0 Å². The minimum Gasteiger partial charge on any atom is -0.503 e. The first kappa shape index (κ1) is 16.1. The summed E-state index contributed by atoms with van der Waals surface area (Å²) >= 11 is 11.6. The quantitative estimate of drug-likeness (QED) is 0.662. The number of benzene rings is 2. The fraction of sp³-hybridized carbons (Fsp3) is 0.0667. The summed E-state index contributed by atoms with van der Waals surface area (Å²) < 4.78 is 4.98. The zero-order valence-corrected chi connectivity index (χ0v) is 13.0. The molecular formula is C15H12Cl2N2O3. The summed E-state index contributed by atoms with van der Waals surface area (Å²) in [5.41, 5.74) is 3.38. The standard InChI is InChI=1S/C15H12Cl2N2O3/c1-22-13-7-9(6-12(17)14(13)20)8-18-19-15(21)10-2-4-11(16)5-3-10/h2-8,20H,1H3,(H,19,21). The monoisotopic (exact) mass is 338 g/mol. The minimum absolute atomic E-state index is 0.129. The maximum Gasteiger partial charge on any atom is 0.271 e. The highest BCUT2D eigenvalue weighted by Gasteiger charge is 2.08. The van der Waals surface area contributed by atoms with Crippen molar-refractivity contribution in [1.82, 2.24) is 5.43 Å². The molecule has 0 aliphatic heterocycles. The van der Waals surface area contributed by atoms with Crippen LogP contribution in [0.2, 0.25) is 10.0 Å². The second-order valence-electron chi connectivity index (χ2n) is 4.26. The fourth-order valence-corrected chi connectivity index (χ4v) is 2.00. The maximum atomic E-state index is 11.8. The van der Waals surface area contributed by atoms with Crippen molar-refractivity contribution in [3.8, 4) is 11.5 Å². The molecule has 114 valence electrons. The van der Waals surface area contributed by atoms with Gasteiger partial charge in [-0.2, -0.15) is 5.10 Å². The summed E-state index contributed by atoms with van der Waals surface area (Å²) in [4.78, 5) is 11.8. The van der Waals surface area contributed by atoms with E-state index in [2.05, 4.69) is 10.5 Å². The molecule has 0 saturated heterocycles. The molecule has 2 aromatic carbocycles. The van der Waals surface area contributed by atoms with Crippen LogP contribution in [-0.2, 0) is 0 Å². The van der Waals surface area contributed by atoms with E-state index in [0.717, 1.165) is 0 Å². The molecule has 0 unspecified atom stereocenters. The summed E-state index contributed by atoms with van der Waals surface area (Å²) in [5.74, 6) is -0.297. The van der Waals surface area contributed by atoms with Crippen LogP contribution < -0.4 is 10.2 Å². The Labute approximate surface area is 137 Å². The highest BCUT2D eigenvalue weighted by atomic mass is 35.5. The Bertz CT molecular complexity index is 715. The molecule has 0 aliphatic carbocycles. The molecule has 0 atom stereocenters. The molecule has 0 aromatic heterocycles. The second-order valence-corrected chi connectivity index (χ2v) is 5.10. The van der Waals surface area contributed by atoms with Crippen LogP contribution in [0, 0.1) is 0 Å². The lowest BCUT2D eigenvalue weighted by Gasteiger charge is -2.06. The Morgan fingerprint density at radius 2 is 1.95 bits per heavy atom. The number of hydrazone groups is 1. The zero-order valence-electron chi connectivity index (χ0n) is 11.5. The molecule has 2 N–H and O–H groups in total. The molecule has 7 heteroatoms. The number of carbonyl (C=O) groups is 1. The van der Waals surface area contributed by atoms with Gasteiger partial charge in [0, 0.05) is 10.6 Å². The Balaban J connectivity index is 2.08. The van der Waals surface area contributed by atoms with E-state index < -0.39 is 0 Å². The van der Waals surface area contributed by atoms with Gasteiger partial charge in [-0.3, -0.25) is 4.79 Å². The predicted molar refractivity (Wildman–Crippen MR) is 86.2 cm³/mol. The van der Waals surface area contributed by atoms with Gasteiger partial charge < -0.3 is 9.84 Å². The van der Waals surface area contributed by atoms with Crippen LogP contribution in [0.3, 0.4) is 0 Å². The molecule has 0 radical (unpaired) electrons. The number of hydrogen-bond donors (Lipinski definition) is 2. The minimum atomic E-state index is -0.371. The number of halogens is 2. The van der Waals surface area contributed by atoms with Crippen molar-refractivity contribution in [2.24, 2.45) is 5.10 Å². The maximum absolute atomic E-state index is 11.8. The molecule has 0 saturated carbocycles. The number of phenolic OH excluding ortho intramolecular Hbond substituents is 1. The summed E-state index contributed by atoms with van der Waals surface area (Å²) in [6, 6.07) is 9.45. The van der Waals surface area contributed by atoms with E-state index in [1.807, 2.05) is 0 Å². The summed E-state index contributed by atoms with van der Waals surface area (Å²) in [7, 11) is 1.41. The number of nitrogens with one attached hydrogen (secondary N) is 1. The van der Waals surface area contributed by atoms with Crippen molar-refractivity contribution in [2.45, 2.75) is 0 Å². The first-order valence-corrected chi connectivity index (χ1v) is 6.92. The number of hydrogen-bond acceptors (Lipinski definition) is 4. The SMILES string of the molecule is COc1cc(C=NNC(=O)c2ccc(Cl)cc2)cc(Cl)c1O. The molecule has 2 rings (SSSR count). The van der Waals surface area contributed by atoms with E-state index in [0.29, 0.717) is 16.1 Å². The molecule has 22 heavy (non-hydrogen) atoms. The predicted octanol–water partition coefficient (Wildman–Crippen LogP) is 3.47. The van der Waals surface area contributed by atoms with Crippen LogP contribution in [0.4, 0.5) is 0 Å². The molecule has 0 bridgehead atoms. The van der Waals surface area contributed by atoms with Crippen molar-refractivity contribution < 1.29 is 14.6 Å². The number of methoxy groups -OCH3 is 1. The van der Waals surface area contributed by atoms with Gasteiger partial charge in [-0.1, -0.05) is 23.2 Å². The van der Waals surface area contributed by atoms with Crippen LogP contribution in [0.15, 0.2) is 41.5 Å². The lowest BCUT2D eigenvalue weighted by atomic mass is 10.2. The third kappa shape index (κ3) is 3.90. The average molecular weight is 339 g/mol. The first-order chi connectivity index (χ1) is 10.5. The average Bonchev–Trinajstić information content (AvgIpc) is 2.51. The van der Waals surface area contributed by atoms with Gasteiger partial charge in [0.25, 0.3) is 5.91 Å². The van der Waals surface area contributed by atoms with Crippen LogP contribution in [0.5, 0.6) is 11.5 Å². The Kier molecular flexibility index (Phi) is 5.25. The van der Waals surface area contributed by atoms with Crippen LogP contribution in [-0.4, -0.2) is 24.3 Å². The molecule has 0 aliphatic rings. The van der Waals surface area contributed by atoms with E-state index in [4.69, 9.17) is 27.9 Å². The fourth-order valence-electron chi connectivity index (χ4n) is 1.66. The van der Waals surface area contributed by atoms with Crippen LogP contribution in [0.25, 0.3) is 0 Å². The lowest BCUT2D eigenvalue weighted by Crippen LogP contribution is -2.17. The third-order valence-corrected chi connectivity index (χ3v) is 3.30. The highest BCUT2D eigenvalue weighted by Crippen LogP contribution is 2.34. The molecule has 0 fully saturated rings. The van der Waals surface area contributed by atoms with E-state index in [9.17, 15) is 9.90 Å². The van der Waals surface area contributed by atoms with Crippen molar-refractivity contribution in [3.05, 3.63) is 57.6 Å². The topological polar surface area (TPSA) is 70.9 Å². The van der Waals surface area contributed by atoms with Gasteiger partial charge in [-0.15, -0.1) is 0 Å². The van der Waals surface area contributed by atoms with Gasteiger partial charge in [0.2, 0.25) is 0 Å². The van der Waals surface area contributed by atoms with Crippen LogP contribution >= 0.6 is 23.2 Å². The highest BCUT2D eigenvalue weighted by molar-refractivity contribution is 6.32. The van der Waals surface area contributed by atoms with E-state index in [1.54, 1.807) is 30.3 Å². The molecule has 0 spiro atoms. The van der Waals surface area contributed by atoms with Gasteiger partial charge in [0.15, 0.2) is 11.5 Å². The smallest absolute Gasteiger partial charge is 0.271 e. The van der Waals surface area contributed by atoms with E-state index in [-0.39, 0.29) is 22.4 Å². The van der Waals surface area contributed by atoms with E-state index >= 15 is 0 Å². The van der Waals surface area contributed by atoms with Crippen molar-refractivity contribution in [1.29, 1.82) is 0 Å². The molecule has 2 aromatic rings. The second kappa shape index (κ2) is 7.15. The summed E-state index contributed by atoms with van der Waals surface area (Å²) in [5, 5.41) is 14.1. The Hall–Kier alpha value is -2.24. The lowest BCUT2D eigenvalue weighted by molar-refractivity contribution is 0.0955. The van der Waals surface area contributed by atoms with Crippen molar-refractivity contribution in [3.63, 3.8) is 0 Å². The largest absolute Gasteiger partial charge is 0.503 e. The van der Waals surface area contributed by atoms with Gasteiger partial charge in [0.05, 0.1) is 18.3 Å². The normalized spacial score (nSPS) is 10.7. The van der Waals surface area contributed by atoms with Crippen molar-refractivity contribution >= 4 is 35.3 Å². The van der Waals surface area contributed by atoms with Crippen LogP contribution in [0.1, 0.15) is 15.9 Å². The van der Waals surface area contributed by atoms with Gasteiger partial charge in [0.1, 0.15) is 0 Å². The molecule has 1 amide bonds.